The largest absolute Gasteiger partial charge is 1.00 e. The summed E-state index contributed by atoms with van der Waals surface area (Å²) in [6.07, 6.45) is -0.0679. The van der Waals surface area contributed by atoms with Gasteiger partial charge in [0.05, 0.1) is 18.7 Å². The van der Waals surface area contributed by atoms with Gasteiger partial charge in [-0.2, -0.15) is 0 Å². The molecule has 1 aliphatic rings. The van der Waals surface area contributed by atoms with Crippen molar-refractivity contribution in [2.45, 2.75) is 12.5 Å². The van der Waals surface area contributed by atoms with Crippen LogP contribution < -0.4 is 40.6 Å². The molecule has 0 bridgehead atoms. The summed E-state index contributed by atoms with van der Waals surface area (Å²) in [4.78, 5) is 26.7. The molecule has 1 unspecified atom stereocenters. The molecule has 0 aliphatic carbocycles. The van der Waals surface area contributed by atoms with Crippen molar-refractivity contribution in [3.8, 4) is 0 Å². The quantitative estimate of drug-likeness (QED) is 0.320. The van der Waals surface area contributed by atoms with Crippen molar-refractivity contribution in [2.24, 2.45) is 0 Å². The minimum atomic E-state index is -4.78. The van der Waals surface area contributed by atoms with Gasteiger partial charge in [0.2, 0.25) is 5.91 Å². The van der Waals surface area contributed by atoms with Crippen LogP contribution in [0.15, 0.2) is 5.38 Å². The van der Waals surface area contributed by atoms with Crippen LogP contribution in [0.25, 0.3) is 0 Å². The van der Waals surface area contributed by atoms with Crippen LogP contribution in [0.4, 0.5) is 5.13 Å². The number of carbonyl (C=O) groups excluding carboxylic acids is 2. The summed E-state index contributed by atoms with van der Waals surface area (Å²) < 4.78 is 31.9. The Morgan fingerprint density at radius 3 is 2.75 bits per heavy atom. The first-order valence-corrected chi connectivity index (χ1v) is 7.28. The normalized spacial score (nSPS) is 18.1. The van der Waals surface area contributed by atoms with Crippen molar-refractivity contribution in [1.82, 2.24) is 14.6 Å². The molecule has 104 valence electrons. The molecule has 0 aromatic carbocycles. The molecule has 0 spiro atoms. The Labute approximate surface area is 140 Å². The van der Waals surface area contributed by atoms with Crippen LogP contribution >= 0.6 is 11.3 Å². The Hall–Kier alpha value is -0.720. The third-order valence-corrected chi connectivity index (χ3v) is 4.00. The molecule has 1 fully saturated rings. The topological polar surface area (TPSA) is 146 Å². The van der Waals surface area contributed by atoms with E-state index in [-0.39, 0.29) is 46.8 Å². The number of nitrogens with two attached hydrogens (primary N) is 1. The van der Waals surface area contributed by atoms with E-state index in [1.165, 1.54) is 11.3 Å². The molecule has 20 heavy (non-hydrogen) atoms. The number of hydrogen-bond acceptors (Lipinski definition) is 8. The fourth-order valence-corrected chi connectivity index (χ4v) is 2.76. The van der Waals surface area contributed by atoms with Gasteiger partial charge in [0, 0.05) is 5.38 Å². The van der Waals surface area contributed by atoms with Crippen molar-refractivity contribution in [2.75, 3.05) is 12.3 Å². The van der Waals surface area contributed by atoms with E-state index in [1.807, 2.05) is 0 Å². The third-order valence-electron chi connectivity index (χ3n) is 2.41. The molecule has 2 rings (SSSR count). The maximum atomic E-state index is 11.5. The van der Waals surface area contributed by atoms with Crippen LogP contribution in [0.5, 0.6) is 0 Å². The van der Waals surface area contributed by atoms with E-state index in [0.717, 1.165) is 0 Å². The molecule has 9 nitrogen and oxygen atoms in total. The average Bonchev–Trinajstić information content (AvgIpc) is 2.67. The van der Waals surface area contributed by atoms with E-state index in [2.05, 4.69) is 10.3 Å². The molecule has 2 amide bonds. The maximum absolute atomic E-state index is 11.5. The Morgan fingerprint density at radius 2 is 2.30 bits per heavy atom. The molecule has 1 aromatic rings. The number of nitrogens with zero attached hydrogens (tertiary/aromatic N) is 2. The minimum Gasteiger partial charge on any atom is -0.731 e. The van der Waals surface area contributed by atoms with Gasteiger partial charge in [-0.3, -0.25) is 9.59 Å². The van der Waals surface area contributed by atoms with E-state index in [1.54, 1.807) is 5.38 Å². The molecular formula is C8H9N4NaO5S2. The monoisotopic (exact) mass is 328 g/mol. The predicted octanol–water partition coefficient (Wildman–Crippen LogP) is -4.94. The van der Waals surface area contributed by atoms with Gasteiger partial charge < -0.3 is 15.6 Å². The first-order chi connectivity index (χ1) is 8.77. The Morgan fingerprint density at radius 1 is 1.65 bits per heavy atom. The van der Waals surface area contributed by atoms with Crippen LogP contribution in [-0.4, -0.2) is 46.7 Å². The number of β-lactam (4-membered cyclic amide) rings is 1. The molecule has 1 aromatic heterocycles. The Kier molecular flexibility index (Phi) is 5.52. The summed E-state index contributed by atoms with van der Waals surface area (Å²) >= 11 is 1.18. The summed E-state index contributed by atoms with van der Waals surface area (Å²) in [5, 5.41) is 4.24. The zero-order valence-corrected chi connectivity index (χ0v) is 14.0. The fraction of sp³-hybridized carbons (Fsp3) is 0.375. The van der Waals surface area contributed by atoms with Gasteiger partial charge in [-0.25, -0.2) is 17.7 Å². The predicted molar refractivity (Wildman–Crippen MR) is 63.6 cm³/mol. The molecule has 2 heterocycles. The van der Waals surface area contributed by atoms with Gasteiger partial charge in [0.15, 0.2) is 15.4 Å². The molecule has 12 heteroatoms. The van der Waals surface area contributed by atoms with E-state index in [0.29, 0.717) is 10.8 Å². The molecular weight excluding hydrogens is 319 g/mol. The van der Waals surface area contributed by atoms with E-state index in [4.69, 9.17) is 5.73 Å². The number of hydrogen-bond donors (Lipinski definition) is 2. The van der Waals surface area contributed by atoms with Gasteiger partial charge in [-0.1, -0.05) is 0 Å². The second kappa shape index (κ2) is 6.37. The van der Waals surface area contributed by atoms with E-state index < -0.39 is 28.2 Å². The summed E-state index contributed by atoms with van der Waals surface area (Å²) in [6.45, 7) is -0.338. The van der Waals surface area contributed by atoms with Crippen molar-refractivity contribution in [1.29, 1.82) is 0 Å². The minimum absolute atomic E-state index is 0. The number of amides is 2. The summed E-state index contributed by atoms with van der Waals surface area (Å²) in [6, 6.07) is -0.979. The molecule has 1 aliphatic heterocycles. The van der Waals surface area contributed by atoms with Gasteiger partial charge in [0.1, 0.15) is 6.04 Å². The number of anilines is 1. The van der Waals surface area contributed by atoms with Crippen LogP contribution in [-0.2, 0) is 26.3 Å². The van der Waals surface area contributed by atoms with Crippen molar-refractivity contribution < 1.29 is 52.1 Å². The smallest absolute Gasteiger partial charge is 0.731 e. The first kappa shape index (κ1) is 17.3. The van der Waals surface area contributed by atoms with Crippen LogP contribution in [0.2, 0.25) is 0 Å². The maximum Gasteiger partial charge on any atom is 1.00 e. The molecule has 0 saturated carbocycles. The van der Waals surface area contributed by atoms with Gasteiger partial charge in [0.25, 0.3) is 5.91 Å². The number of nitrogens with one attached hydrogen (secondary N) is 1. The summed E-state index contributed by atoms with van der Waals surface area (Å²) in [7, 11) is -4.78. The second-order valence-corrected chi connectivity index (χ2v) is 5.99. The zero-order chi connectivity index (χ0) is 14.2. The molecule has 0 radical (unpaired) electrons. The van der Waals surface area contributed by atoms with Gasteiger partial charge >= 0.3 is 29.6 Å². The van der Waals surface area contributed by atoms with Crippen molar-refractivity contribution in [3.05, 3.63) is 11.1 Å². The number of nitrogen functional groups attached to an aromatic ring is 1. The Bertz CT molecular complexity index is 631. The van der Waals surface area contributed by atoms with Gasteiger partial charge in [-0.05, 0) is 0 Å². The number of rotatable bonds is 4. The second-order valence-electron chi connectivity index (χ2n) is 3.80. The van der Waals surface area contributed by atoms with Gasteiger partial charge in [-0.15, -0.1) is 11.3 Å². The third kappa shape index (κ3) is 3.90. The SMILES string of the molecule is Nc1nc(CC(=O)NC2CN(S(=O)(=O)[O-])C2=O)cs1.[Na+]. The fourth-order valence-electron chi connectivity index (χ4n) is 1.52. The Balaban J connectivity index is 0.00000200. The average molecular weight is 328 g/mol. The zero-order valence-electron chi connectivity index (χ0n) is 10.4. The van der Waals surface area contributed by atoms with Crippen molar-refractivity contribution in [3.63, 3.8) is 0 Å². The van der Waals surface area contributed by atoms with Crippen LogP contribution in [0.3, 0.4) is 0 Å². The van der Waals surface area contributed by atoms with Crippen LogP contribution in [0.1, 0.15) is 5.69 Å². The summed E-state index contributed by atoms with van der Waals surface area (Å²) in [5.41, 5.74) is 5.85. The van der Waals surface area contributed by atoms with E-state index >= 15 is 0 Å². The number of thiazole rings is 1. The molecule has 1 saturated heterocycles. The number of aromatic nitrogens is 1. The molecule has 3 N–H and O–H groups in total. The van der Waals surface area contributed by atoms with E-state index in [9.17, 15) is 22.6 Å². The standard InChI is InChI=1S/C8H10N4O5S2.Na/c9-8-10-4(3-18-8)1-6(13)11-5-2-12(7(5)14)19(15,16)17;/h3,5H,1-2H2,(H2,9,10)(H,11,13)(H,15,16,17);/q;+1/p-1. The van der Waals surface area contributed by atoms with Crippen molar-refractivity contribution >= 4 is 38.6 Å². The number of carbonyl (C=O) groups is 2. The van der Waals surface area contributed by atoms with Crippen LogP contribution in [0, 0.1) is 0 Å². The first-order valence-electron chi connectivity index (χ1n) is 5.04. The molecule has 1 atom stereocenters. The summed E-state index contributed by atoms with van der Waals surface area (Å²) in [5.74, 6) is -1.42.